The monoisotopic (exact) mass is 600 g/mol. The van der Waals surface area contributed by atoms with Gasteiger partial charge in [0, 0.05) is 4.47 Å². The van der Waals surface area contributed by atoms with Crippen molar-refractivity contribution in [1.82, 2.24) is 4.57 Å². The Morgan fingerprint density at radius 2 is 1.82 bits per heavy atom. The Labute approximate surface area is 233 Å². The first-order valence-corrected chi connectivity index (χ1v) is 13.8. The Kier molecular flexibility index (Phi) is 8.73. The molecule has 38 heavy (non-hydrogen) atoms. The van der Waals surface area contributed by atoms with E-state index in [2.05, 4.69) is 27.8 Å². The molecule has 0 N–H and O–H groups in total. The molecule has 0 aliphatic carbocycles. The van der Waals surface area contributed by atoms with E-state index in [1.165, 1.54) is 18.4 Å². The number of carbonyl (C=O) groups is 1. The lowest BCUT2D eigenvalue weighted by atomic mass is 9.95. The number of esters is 1. The van der Waals surface area contributed by atoms with Crippen LogP contribution in [0.25, 0.3) is 6.08 Å². The van der Waals surface area contributed by atoms with Crippen molar-refractivity contribution in [1.29, 1.82) is 0 Å². The Morgan fingerprint density at radius 3 is 2.45 bits per heavy atom. The van der Waals surface area contributed by atoms with Crippen LogP contribution in [0.4, 0.5) is 0 Å². The van der Waals surface area contributed by atoms with Gasteiger partial charge in [-0.25, -0.2) is 9.79 Å². The maximum atomic E-state index is 13.8. The second kappa shape index (κ2) is 12.0. The lowest BCUT2D eigenvalue weighted by molar-refractivity contribution is -0.139. The summed E-state index contributed by atoms with van der Waals surface area (Å²) in [7, 11) is 3.08. The van der Waals surface area contributed by atoms with Gasteiger partial charge >= 0.3 is 5.97 Å². The number of methoxy groups -OCH3 is 2. The molecule has 200 valence electrons. The topological polar surface area (TPSA) is 88.3 Å². The van der Waals surface area contributed by atoms with Crippen molar-refractivity contribution in [3.8, 4) is 17.2 Å². The van der Waals surface area contributed by atoms with E-state index in [0.29, 0.717) is 43.2 Å². The van der Waals surface area contributed by atoms with Crippen molar-refractivity contribution in [2.24, 2.45) is 4.99 Å². The molecular formula is C28H29BrN2O6S. The summed E-state index contributed by atoms with van der Waals surface area (Å²) in [5, 5.41) is 0. The maximum absolute atomic E-state index is 13.8. The molecule has 1 atom stereocenters. The van der Waals surface area contributed by atoms with Gasteiger partial charge in [-0.15, -0.1) is 0 Å². The summed E-state index contributed by atoms with van der Waals surface area (Å²) in [4.78, 5) is 32.1. The lowest BCUT2D eigenvalue weighted by Crippen LogP contribution is -2.40. The normalized spacial score (nSPS) is 15.1. The number of rotatable bonds is 9. The molecule has 1 aliphatic heterocycles. The van der Waals surface area contributed by atoms with Crippen molar-refractivity contribution in [3.05, 3.63) is 83.0 Å². The van der Waals surface area contributed by atoms with Gasteiger partial charge in [0.1, 0.15) is 5.75 Å². The first kappa shape index (κ1) is 27.7. The van der Waals surface area contributed by atoms with Crippen molar-refractivity contribution >= 4 is 39.3 Å². The van der Waals surface area contributed by atoms with E-state index in [9.17, 15) is 9.59 Å². The van der Waals surface area contributed by atoms with Crippen LogP contribution >= 0.6 is 27.3 Å². The first-order chi connectivity index (χ1) is 18.3. The SMILES string of the molecule is CCCOc1ccc(/C=c2\sc3n(c2=O)[C@@H](c2cc(OC)c(OC)cc2Br)C(C(=O)OCC)=C(C)N=3)cc1. The molecule has 8 nitrogen and oxygen atoms in total. The van der Waals surface area contributed by atoms with Gasteiger partial charge in [0.25, 0.3) is 5.56 Å². The second-order valence-electron chi connectivity index (χ2n) is 8.45. The highest BCUT2D eigenvalue weighted by atomic mass is 79.9. The number of hydrogen-bond acceptors (Lipinski definition) is 8. The fraction of sp³-hybridized carbons (Fsp3) is 0.321. The summed E-state index contributed by atoms with van der Waals surface area (Å²) in [5.41, 5.74) is 2.01. The standard InChI is InChI=1S/C28H29BrN2O6S/c1-6-12-37-18-10-8-17(9-11-18)13-23-26(32)31-25(19-14-21(34-4)22(35-5)15-20(19)29)24(27(33)36-7-2)16(3)30-28(31)38-23/h8-11,13-15,25H,6-7,12H2,1-5H3/b23-13-/t25-/m0/s1. The van der Waals surface area contributed by atoms with Gasteiger partial charge in [0.05, 0.1) is 49.3 Å². The summed E-state index contributed by atoms with van der Waals surface area (Å²) in [5.74, 6) is 1.23. The molecule has 4 rings (SSSR count). The minimum Gasteiger partial charge on any atom is -0.494 e. The number of benzene rings is 2. The van der Waals surface area contributed by atoms with Crippen molar-refractivity contribution in [2.45, 2.75) is 33.2 Å². The summed E-state index contributed by atoms with van der Waals surface area (Å²) in [6.45, 7) is 6.38. The van der Waals surface area contributed by atoms with Crippen LogP contribution < -0.4 is 29.1 Å². The third-order valence-electron chi connectivity index (χ3n) is 5.97. The number of fused-ring (bicyclic) bond motifs is 1. The highest BCUT2D eigenvalue weighted by molar-refractivity contribution is 9.10. The number of carbonyl (C=O) groups excluding carboxylic acids is 1. The average Bonchev–Trinajstić information content (AvgIpc) is 3.21. The van der Waals surface area contributed by atoms with Crippen LogP contribution in [0.15, 0.2) is 61.9 Å². The zero-order valence-electron chi connectivity index (χ0n) is 21.9. The minimum atomic E-state index is -0.786. The fourth-order valence-electron chi connectivity index (χ4n) is 4.20. The summed E-state index contributed by atoms with van der Waals surface area (Å²) < 4.78 is 24.7. The van der Waals surface area contributed by atoms with E-state index < -0.39 is 12.0 Å². The van der Waals surface area contributed by atoms with E-state index in [1.807, 2.05) is 30.3 Å². The van der Waals surface area contributed by atoms with Crippen LogP contribution in [-0.4, -0.2) is 38.0 Å². The molecule has 2 heterocycles. The number of halogens is 1. The van der Waals surface area contributed by atoms with Crippen LogP contribution in [0.2, 0.25) is 0 Å². The zero-order chi connectivity index (χ0) is 27.4. The van der Waals surface area contributed by atoms with E-state index in [-0.39, 0.29) is 17.7 Å². The van der Waals surface area contributed by atoms with Gasteiger partial charge < -0.3 is 18.9 Å². The highest BCUT2D eigenvalue weighted by Gasteiger charge is 2.35. The smallest absolute Gasteiger partial charge is 0.338 e. The van der Waals surface area contributed by atoms with Gasteiger partial charge in [-0.2, -0.15) is 0 Å². The molecule has 2 aromatic carbocycles. The first-order valence-electron chi connectivity index (χ1n) is 12.2. The number of thiazole rings is 1. The number of aromatic nitrogens is 1. The molecule has 0 bridgehead atoms. The van der Waals surface area contributed by atoms with E-state index in [0.717, 1.165) is 17.7 Å². The quantitative estimate of drug-likeness (QED) is 0.339. The van der Waals surface area contributed by atoms with Crippen molar-refractivity contribution < 1.29 is 23.7 Å². The Morgan fingerprint density at radius 1 is 1.13 bits per heavy atom. The number of hydrogen-bond donors (Lipinski definition) is 0. The van der Waals surface area contributed by atoms with Gasteiger partial charge in [0.2, 0.25) is 0 Å². The summed E-state index contributed by atoms with van der Waals surface area (Å²) in [6.07, 6.45) is 2.74. The van der Waals surface area contributed by atoms with Gasteiger partial charge in [-0.1, -0.05) is 46.3 Å². The Hall–Kier alpha value is -3.37. The Bertz CT molecular complexity index is 1560. The van der Waals surface area contributed by atoms with Gasteiger partial charge in [-0.3, -0.25) is 9.36 Å². The molecule has 0 radical (unpaired) electrons. The molecule has 0 saturated heterocycles. The summed E-state index contributed by atoms with van der Waals surface area (Å²) in [6, 6.07) is 10.3. The average molecular weight is 602 g/mol. The molecule has 0 spiro atoms. The molecular weight excluding hydrogens is 572 g/mol. The fourth-order valence-corrected chi connectivity index (χ4v) is 5.78. The van der Waals surface area contributed by atoms with Crippen LogP contribution in [0, 0.1) is 0 Å². The van der Waals surface area contributed by atoms with Gasteiger partial charge in [0.15, 0.2) is 16.3 Å². The summed E-state index contributed by atoms with van der Waals surface area (Å²) >= 11 is 4.88. The predicted molar refractivity (Wildman–Crippen MR) is 150 cm³/mol. The molecule has 3 aromatic rings. The zero-order valence-corrected chi connectivity index (χ0v) is 24.3. The lowest BCUT2D eigenvalue weighted by Gasteiger charge is -2.26. The van der Waals surface area contributed by atoms with Crippen LogP contribution in [0.5, 0.6) is 17.2 Å². The molecule has 10 heteroatoms. The van der Waals surface area contributed by atoms with Crippen LogP contribution in [0.3, 0.4) is 0 Å². The second-order valence-corrected chi connectivity index (χ2v) is 10.3. The number of ether oxygens (including phenoxy) is 4. The van der Waals surface area contributed by atoms with E-state index >= 15 is 0 Å². The molecule has 0 saturated carbocycles. The largest absolute Gasteiger partial charge is 0.494 e. The molecule has 1 aliphatic rings. The maximum Gasteiger partial charge on any atom is 0.338 e. The third-order valence-corrected chi connectivity index (χ3v) is 7.63. The van der Waals surface area contributed by atoms with Crippen molar-refractivity contribution in [3.63, 3.8) is 0 Å². The Balaban J connectivity index is 1.91. The molecule has 1 aromatic heterocycles. The minimum absolute atomic E-state index is 0.192. The molecule has 0 amide bonds. The molecule has 0 unspecified atom stereocenters. The highest BCUT2D eigenvalue weighted by Crippen LogP contribution is 2.40. The number of nitrogens with zero attached hydrogens (tertiary/aromatic N) is 2. The van der Waals surface area contributed by atoms with Crippen LogP contribution in [-0.2, 0) is 9.53 Å². The predicted octanol–water partition coefficient (Wildman–Crippen LogP) is 4.37. The molecule has 0 fully saturated rings. The number of allylic oxidation sites excluding steroid dienone is 1. The van der Waals surface area contributed by atoms with E-state index in [4.69, 9.17) is 18.9 Å². The van der Waals surface area contributed by atoms with Crippen LogP contribution in [0.1, 0.15) is 44.4 Å². The van der Waals surface area contributed by atoms with E-state index in [1.54, 1.807) is 37.7 Å². The third kappa shape index (κ3) is 5.42. The van der Waals surface area contributed by atoms with Gasteiger partial charge in [-0.05, 0) is 61.7 Å². The van der Waals surface area contributed by atoms with Crippen molar-refractivity contribution in [2.75, 3.05) is 27.4 Å².